The lowest BCUT2D eigenvalue weighted by Crippen LogP contribution is -2.55. The number of Topliss-reactive ketones (excluding diaryl/α,β-unsaturated/α-hetero) is 1. The zero-order valence-corrected chi connectivity index (χ0v) is 25.5. The summed E-state index contributed by atoms with van der Waals surface area (Å²) < 4.78 is 0. The number of nitrogens with zero attached hydrogens (tertiary/aromatic N) is 3. The van der Waals surface area contributed by atoms with Gasteiger partial charge in [-0.2, -0.15) is 0 Å². The van der Waals surface area contributed by atoms with Crippen molar-refractivity contribution in [1.29, 1.82) is 0 Å². The molecule has 0 unspecified atom stereocenters. The SMILES string of the molecule is C=C/C=C(\C=C/C)N1CN(Cc2cccc(C(=O)O)c2)C(=O)C12CCN(CCCC(=O)/C(=C/C)SC)CC2.CC. The van der Waals surface area contributed by atoms with Crippen molar-refractivity contribution in [3.05, 3.63) is 83.0 Å². The molecule has 40 heavy (non-hydrogen) atoms. The van der Waals surface area contributed by atoms with Crippen molar-refractivity contribution < 1.29 is 19.5 Å². The van der Waals surface area contributed by atoms with Crippen molar-refractivity contribution >= 4 is 29.4 Å². The van der Waals surface area contributed by atoms with Crippen LogP contribution in [0.5, 0.6) is 0 Å². The monoisotopic (exact) mass is 567 g/mol. The van der Waals surface area contributed by atoms with Gasteiger partial charge in [0.1, 0.15) is 5.54 Å². The third-order valence-electron chi connectivity index (χ3n) is 7.32. The summed E-state index contributed by atoms with van der Waals surface area (Å²) >= 11 is 1.49. The number of allylic oxidation sites excluding steroid dienone is 6. The van der Waals surface area contributed by atoms with Gasteiger partial charge in [-0.3, -0.25) is 9.59 Å². The third-order valence-corrected chi connectivity index (χ3v) is 8.22. The van der Waals surface area contributed by atoms with Crippen LogP contribution in [-0.2, 0) is 16.1 Å². The number of carbonyl (C=O) groups is 3. The zero-order valence-electron chi connectivity index (χ0n) is 24.7. The Bertz CT molecular complexity index is 1130. The van der Waals surface area contributed by atoms with Gasteiger partial charge >= 0.3 is 5.97 Å². The van der Waals surface area contributed by atoms with Gasteiger partial charge in [0.25, 0.3) is 0 Å². The van der Waals surface area contributed by atoms with Crippen molar-refractivity contribution in [2.75, 3.05) is 32.6 Å². The molecule has 1 aromatic carbocycles. The Morgan fingerprint density at radius 3 is 2.45 bits per heavy atom. The van der Waals surface area contributed by atoms with E-state index in [1.165, 1.54) is 11.8 Å². The minimum Gasteiger partial charge on any atom is -0.478 e. The Morgan fingerprint density at radius 1 is 1.18 bits per heavy atom. The van der Waals surface area contributed by atoms with Crippen molar-refractivity contribution in [2.24, 2.45) is 0 Å². The maximum absolute atomic E-state index is 14.0. The summed E-state index contributed by atoms with van der Waals surface area (Å²) in [7, 11) is 0. The van der Waals surface area contributed by atoms with Gasteiger partial charge in [0.05, 0.1) is 12.2 Å². The van der Waals surface area contributed by atoms with Crippen LogP contribution in [0.1, 0.15) is 69.3 Å². The van der Waals surface area contributed by atoms with Crippen molar-refractivity contribution in [3.63, 3.8) is 0 Å². The summed E-state index contributed by atoms with van der Waals surface area (Å²) in [6.45, 7) is 14.9. The summed E-state index contributed by atoms with van der Waals surface area (Å²) in [6.07, 6.45) is 14.2. The number of carboxylic acid groups (broad SMARTS) is 1. The van der Waals surface area contributed by atoms with Crippen LogP contribution in [-0.4, -0.2) is 75.6 Å². The van der Waals surface area contributed by atoms with E-state index in [9.17, 15) is 19.5 Å². The van der Waals surface area contributed by atoms with Gasteiger partial charge in [0, 0.05) is 36.7 Å². The summed E-state index contributed by atoms with van der Waals surface area (Å²) in [5.74, 6) is -0.713. The van der Waals surface area contributed by atoms with Crippen molar-refractivity contribution in [3.8, 4) is 0 Å². The number of hydrogen-bond donors (Lipinski definition) is 1. The molecule has 2 aliphatic heterocycles. The third kappa shape index (κ3) is 7.98. The average molecular weight is 568 g/mol. The van der Waals surface area contributed by atoms with E-state index in [4.69, 9.17) is 0 Å². The zero-order chi connectivity index (χ0) is 29.7. The number of hydrogen-bond acceptors (Lipinski definition) is 6. The number of amides is 1. The highest BCUT2D eigenvalue weighted by Crippen LogP contribution is 2.39. The molecule has 1 spiro atoms. The molecule has 3 rings (SSSR count). The highest BCUT2D eigenvalue weighted by atomic mass is 32.2. The molecule has 0 saturated carbocycles. The maximum Gasteiger partial charge on any atom is 0.335 e. The molecule has 1 amide bonds. The first kappa shape index (κ1) is 33.1. The van der Waals surface area contributed by atoms with Gasteiger partial charge in [-0.1, -0.05) is 50.8 Å². The number of piperidine rings is 1. The molecule has 0 aromatic heterocycles. The van der Waals surface area contributed by atoms with Crippen LogP contribution in [0, 0.1) is 0 Å². The second-order valence-electron chi connectivity index (χ2n) is 9.66. The highest BCUT2D eigenvalue weighted by molar-refractivity contribution is 8.03. The predicted molar refractivity (Wildman–Crippen MR) is 165 cm³/mol. The number of thioether (sulfide) groups is 1. The van der Waals surface area contributed by atoms with Gasteiger partial charge in [-0.15, -0.1) is 11.8 Å². The lowest BCUT2D eigenvalue weighted by atomic mass is 9.85. The molecule has 1 aromatic rings. The summed E-state index contributed by atoms with van der Waals surface area (Å²) in [6, 6.07) is 6.78. The number of benzene rings is 1. The molecule has 1 N–H and O–H groups in total. The standard InChI is InChI=1S/C30H39N3O4S.C2H6/c1-5-10-25(11-6-2)33-22-32(21-23-12-8-13-24(20-23)28(35)36)29(37)30(33)15-18-31(19-16-30)17-9-14-26(34)27(7-3)38-4;1-2/h5-8,10-13,20H,1,9,14-19,21-22H2,2-4H3,(H,35,36);1-2H3/b11-6-,25-10+,27-7-;. The fourth-order valence-electron chi connectivity index (χ4n) is 5.39. The molecule has 0 atom stereocenters. The van der Waals surface area contributed by atoms with E-state index in [1.807, 2.05) is 69.2 Å². The van der Waals surface area contributed by atoms with Crippen LogP contribution >= 0.6 is 11.8 Å². The molecular weight excluding hydrogens is 522 g/mol. The van der Waals surface area contributed by atoms with E-state index in [0.29, 0.717) is 32.5 Å². The van der Waals surface area contributed by atoms with Crippen LogP contribution in [0.15, 0.2) is 71.8 Å². The average Bonchev–Trinajstić information content (AvgIpc) is 3.22. The number of aromatic carboxylic acids is 1. The Balaban J connectivity index is 0.00000274. The van der Waals surface area contributed by atoms with E-state index in [2.05, 4.69) is 16.4 Å². The molecule has 2 aliphatic rings. The van der Waals surface area contributed by atoms with Gasteiger partial charge in [0.2, 0.25) is 5.91 Å². The predicted octanol–water partition coefficient (Wildman–Crippen LogP) is 6.11. The van der Waals surface area contributed by atoms with Gasteiger partial charge in [-0.05, 0) is 75.8 Å². The topological polar surface area (TPSA) is 81.2 Å². The van der Waals surface area contributed by atoms with E-state index in [0.717, 1.165) is 42.2 Å². The second-order valence-corrected chi connectivity index (χ2v) is 10.5. The number of carbonyl (C=O) groups excluding carboxylic acids is 2. The number of likely N-dealkylation sites (tertiary alicyclic amines) is 1. The minimum absolute atomic E-state index is 0.0743. The van der Waals surface area contributed by atoms with Crippen molar-refractivity contribution in [1.82, 2.24) is 14.7 Å². The fraction of sp³-hybridized carbons (Fsp3) is 0.469. The molecular formula is C32H45N3O4S. The van der Waals surface area contributed by atoms with Crippen LogP contribution < -0.4 is 0 Å². The first-order chi connectivity index (χ1) is 19.3. The van der Waals surface area contributed by atoms with Crippen LogP contribution in [0.4, 0.5) is 0 Å². The lowest BCUT2D eigenvalue weighted by Gasteiger charge is -2.43. The summed E-state index contributed by atoms with van der Waals surface area (Å²) in [4.78, 5) is 45.0. The largest absolute Gasteiger partial charge is 0.478 e. The molecule has 218 valence electrons. The quantitative estimate of drug-likeness (QED) is 0.241. The maximum atomic E-state index is 14.0. The summed E-state index contributed by atoms with van der Waals surface area (Å²) in [5, 5.41) is 9.38. The van der Waals surface area contributed by atoms with Gasteiger partial charge in [0.15, 0.2) is 5.78 Å². The molecule has 7 nitrogen and oxygen atoms in total. The Hall–Kier alpha value is -3.10. The second kappa shape index (κ2) is 16.2. The van der Waals surface area contributed by atoms with Gasteiger partial charge < -0.3 is 19.8 Å². The first-order valence-corrected chi connectivity index (χ1v) is 15.3. The van der Waals surface area contributed by atoms with Gasteiger partial charge in [-0.25, -0.2) is 4.79 Å². The molecule has 8 heteroatoms. The molecule has 2 saturated heterocycles. The highest BCUT2D eigenvalue weighted by Gasteiger charge is 2.53. The summed E-state index contributed by atoms with van der Waals surface area (Å²) in [5.41, 5.74) is 1.28. The first-order valence-electron chi connectivity index (χ1n) is 14.1. The molecule has 0 radical (unpaired) electrons. The Morgan fingerprint density at radius 2 is 1.88 bits per heavy atom. The molecule has 0 aliphatic carbocycles. The normalized spacial score (nSPS) is 17.8. The van der Waals surface area contributed by atoms with Crippen LogP contribution in [0.25, 0.3) is 0 Å². The number of rotatable bonds is 12. The van der Waals surface area contributed by atoms with E-state index < -0.39 is 11.5 Å². The smallest absolute Gasteiger partial charge is 0.335 e. The van der Waals surface area contributed by atoms with E-state index in [1.54, 1.807) is 24.3 Å². The fourth-order valence-corrected chi connectivity index (χ4v) is 5.96. The van der Waals surface area contributed by atoms with Crippen LogP contribution in [0.3, 0.4) is 0 Å². The molecule has 2 fully saturated rings. The Kier molecular flexibility index (Phi) is 13.4. The number of carboxylic acids is 1. The molecule has 0 bridgehead atoms. The lowest BCUT2D eigenvalue weighted by molar-refractivity contribution is -0.135. The van der Waals surface area contributed by atoms with E-state index >= 15 is 0 Å². The van der Waals surface area contributed by atoms with Crippen LogP contribution in [0.2, 0.25) is 0 Å². The van der Waals surface area contributed by atoms with Crippen molar-refractivity contribution in [2.45, 2.75) is 65.5 Å². The number of ketones is 1. The van der Waals surface area contributed by atoms with E-state index in [-0.39, 0.29) is 17.3 Å². The molecule has 2 heterocycles. The minimum atomic E-state index is -0.980. The Labute approximate surface area is 244 Å².